The Hall–Kier alpha value is -2.63. The molecule has 2 N–H and O–H groups in total. The molecule has 4 aliphatic carbocycles. The van der Waals surface area contributed by atoms with E-state index in [9.17, 15) is 19.5 Å². The fraction of sp³-hybridized carbons (Fsp3) is 0.500. The molecule has 2 fully saturated rings. The maximum absolute atomic E-state index is 12.9. The van der Waals surface area contributed by atoms with Gasteiger partial charge >= 0.3 is 11.9 Å². The molecule has 5 rings (SSSR count). The number of anilines is 1. The van der Waals surface area contributed by atoms with Crippen LogP contribution in [-0.2, 0) is 14.3 Å². The van der Waals surface area contributed by atoms with E-state index in [0.29, 0.717) is 29.7 Å². The molecule has 2 bridgehead atoms. The lowest BCUT2D eigenvalue weighted by molar-refractivity contribution is -0.152. The molecule has 0 unspecified atom stereocenters. The largest absolute Gasteiger partial charge is 0.481 e. The van der Waals surface area contributed by atoms with Crippen molar-refractivity contribution in [3.05, 3.63) is 42.0 Å². The van der Waals surface area contributed by atoms with Gasteiger partial charge in [0.1, 0.15) is 0 Å². The number of ether oxygens (including phenoxy) is 1. The Balaban J connectivity index is 1.44. The van der Waals surface area contributed by atoms with Gasteiger partial charge in [-0.25, -0.2) is 4.79 Å². The SMILES string of the molecule is CC(C)COC(=O)c1ccc(NC(=O)[C@@H]2[C@@H]3C=C[C@H]([C@H]4C[C@H]34)[C@@H]2C(=O)O)cc1. The Bertz CT molecular complexity index is 828. The molecule has 6 atom stereocenters. The number of benzene rings is 1. The fourth-order valence-electron chi connectivity index (χ4n) is 4.81. The first-order valence-corrected chi connectivity index (χ1v) is 9.86. The minimum absolute atomic E-state index is 0.00128. The molecular weight excluding hydrogens is 358 g/mol. The minimum atomic E-state index is -0.895. The molecule has 0 radical (unpaired) electrons. The predicted octanol–water partition coefficient (Wildman–Crippen LogP) is 3.21. The molecule has 0 spiro atoms. The Morgan fingerprint density at radius 1 is 1.07 bits per heavy atom. The third-order valence-corrected chi connectivity index (χ3v) is 6.18. The van der Waals surface area contributed by atoms with E-state index in [1.54, 1.807) is 24.3 Å². The van der Waals surface area contributed by atoms with Gasteiger partial charge < -0.3 is 15.2 Å². The molecule has 2 saturated carbocycles. The third kappa shape index (κ3) is 3.32. The van der Waals surface area contributed by atoms with E-state index in [4.69, 9.17) is 4.74 Å². The number of fused-ring (bicyclic) bond motifs is 1. The first kappa shape index (κ1) is 18.7. The lowest BCUT2D eigenvalue weighted by Crippen LogP contribution is -2.48. The summed E-state index contributed by atoms with van der Waals surface area (Å²) < 4.78 is 5.20. The van der Waals surface area contributed by atoms with Crippen molar-refractivity contribution in [1.29, 1.82) is 0 Å². The number of carboxylic acids is 1. The van der Waals surface area contributed by atoms with Gasteiger partial charge in [0.2, 0.25) is 5.91 Å². The molecule has 6 heteroatoms. The Morgan fingerprint density at radius 2 is 1.68 bits per heavy atom. The summed E-state index contributed by atoms with van der Waals surface area (Å²) in [5.74, 6) is -1.67. The summed E-state index contributed by atoms with van der Waals surface area (Å²) in [7, 11) is 0. The number of carbonyl (C=O) groups is 3. The number of hydrogen-bond donors (Lipinski definition) is 2. The number of allylic oxidation sites excluding steroid dienone is 2. The molecule has 0 saturated heterocycles. The van der Waals surface area contributed by atoms with E-state index in [1.807, 2.05) is 26.0 Å². The topological polar surface area (TPSA) is 92.7 Å². The van der Waals surface area contributed by atoms with Crippen LogP contribution in [0.3, 0.4) is 0 Å². The van der Waals surface area contributed by atoms with Crippen LogP contribution < -0.4 is 5.32 Å². The maximum atomic E-state index is 12.9. The van der Waals surface area contributed by atoms with E-state index < -0.39 is 23.8 Å². The zero-order valence-corrected chi connectivity index (χ0v) is 16.0. The fourth-order valence-corrected chi connectivity index (χ4v) is 4.81. The number of hydrogen-bond acceptors (Lipinski definition) is 4. The predicted molar refractivity (Wildman–Crippen MR) is 103 cm³/mol. The second-order valence-corrected chi connectivity index (χ2v) is 8.55. The highest BCUT2D eigenvalue weighted by atomic mass is 16.5. The van der Waals surface area contributed by atoms with Crippen LogP contribution >= 0.6 is 0 Å². The van der Waals surface area contributed by atoms with Gasteiger partial charge in [0.25, 0.3) is 0 Å². The Morgan fingerprint density at radius 3 is 2.25 bits per heavy atom. The van der Waals surface area contributed by atoms with Crippen LogP contribution in [0, 0.1) is 41.4 Å². The van der Waals surface area contributed by atoms with Gasteiger partial charge in [-0.05, 0) is 60.3 Å². The Kier molecular flexibility index (Phi) is 4.73. The van der Waals surface area contributed by atoms with Gasteiger partial charge in [0.05, 0.1) is 24.0 Å². The summed E-state index contributed by atoms with van der Waals surface area (Å²) in [5, 5.41) is 12.6. The number of carbonyl (C=O) groups excluding carboxylic acids is 2. The number of rotatable bonds is 6. The average molecular weight is 383 g/mol. The summed E-state index contributed by atoms with van der Waals surface area (Å²) in [4.78, 5) is 36.8. The van der Waals surface area contributed by atoms with Gasteiger partial charge in [-0.1, -0.05) is 26.0 Å². The lowest BCUT2D eigenvalue weighted by atomic mass is 9.62. The van der Waals surface area contributed by atoms with Crippen molar-refractivity contribution in [2.75, 3.05) is 11.9 Å². The van der Waals surface area contributed by atoms with Gasteiger partial charge in [0.15, 0.2) is 0 Å². The summed E-state index contributed by atoms with van der Waals surface area (Å²) >= 11 is 0. The monoisotopic (exact) mass is 383 g/mol. The third-order valence-electron chi connectivity index (χ3n) is 6.18. The van der Waals surface area contributed by atoms with Gasteiger partial charge in [-0.3, -0.25) is 9.59 Å². The molecule has 28 heavy (non-hydrogen) atoms. The van der Waals surface area contributed by atoms with E-state index in [2.05, 4.69) is 5.32 Å². The molecule has 4 aliphatic rings. The summed E-state index contributed by atoms with van der Waals surface area (Å²) in [6.07, 6.45) is 5.05. The van der Waals surface area contributed by atoms with Crippen LogP contribution in [0.25, 0.3) is 0 Å². The van der Waals surface area contributed by atoms with E-state index >= 15 is 0 Å². The molecule has 0 aromatic heterocycles. The van der Waals surface area contributed by atoms with Crippen molar-refractivity contribution in [3.8, 4) is 0 Å². The molecule has 1 aromatic rings. The van der Waals surface area contributed by atoms with Crippen LogP contribution in [0.2, 0.25) is 0 Å². The van der Waals surface area contributed by atoms with Gasteiger partial charge in [0, 0.05) is 5.69 Å². The van der Waals surface area contributed by atoms with Crippen molar-refractivity contribution in [1.82, 2.24) is 0 Å². The molecule has 0 aliphatic heterocycles. The highest BCUT2D eigenvalue weighted by Gasteiger charge is 2.62. The van der Waals surface area contributed by atoms with Crippen LogP contribution in [-0.4, -0.2) is 29.6 Å². The normalized spacial score (nSPS) is 32.0. The second-order valence-electron chi connectivity index (χ2n) is 8.55. The average Bonchev–Trinajstić information content (AvgIpc) is 3.48. The van der Waals surface area contributed by atoms with Crippen LogP contribution in [0.1, 0.15) is 30.6 Å². The second kappa shape index (κ2) is 7.08. The lowest BCUT2D eigenvalue weighted by Gasteiger charge is -2.41. The summed E-state index contributed by atoms with van der Waals surface area (Å²) in [5.41, 5.74) is 0.967. The molecule has 148 valence electrons. The number of amides is 1. The highest BCUT2D eigenvalue weighted by Crippen LogP contribution is 2.63. The van der Waals surface area contributed by atoms with Crippen molar-refractivity contribution in [2.24, 2.45) is 41.4 Å². The number of esters is 1. The highest BCUT2D eigenvalue weighted by molar-refractivity contribution is 5.97. The molecule has 6 nitrogen and oxygen atoms in total. The van der Waals surface area contributed by atoms with Crippen molar-refractivity contribution < 1.29 is 24.2 Å². The van der Waals surface area contributed by atoms with Crippen molar-refractivity contribution >= 4 is 23.5 Å². The molecular formula is C22H25NO5. The van der Waals surface area contributed by atoms with Crippen LogP contribution in [0.5, 0.6) is 0 Å². The van der Waals surface area contributed by atoms with E-state index in [-0.39, 0.29) is 23.7 Å². The number of carboxylic acid groups (broad SMARTS) is 1. The van der Waals surface area contributed by atoms with Crippen LogP contribution in [0.15, 0.2) is 36.4 Å². The van der Waals surface area contributed by atoms with E-state index in [1.165, 1.54) is 0 Å². The number of aliphatic carboxylic acids is 1. The minimum Gasteiger partial charge on any atom is -0.481 e. The molecule has 0 heterocycles. The van der Waals surface area contributed by atoms with Gasteiger partial charge in [-0.15, -0.1) is 0 Å². The van der Waals surface area contributed by atoms with Crippen molar-refractivity contribution in [2.45, 2.75) is 20.3 Å². The quantitative estimate of drug-likeness (QED) is 0.581. The first-order valence-electron chi connectivity index (χ1n) is 9.86. The zero-order chi connectivity index (χ0) is 20.0. The standard InChI is InChI=1S/C22H25NO5/c1-11(2)10-28-22(27)12-3-5-13(6-4-12)23-20(24)18-14-7-8-15(17-9-16(14)17)19(18)21(25)26/h3-8,11,14-19H,9-10H2,1-2H3,(H,23,24)(H,25,26)/t14-,15-,16-,17-,18-,19+/m1/s1. The molecule has 1 amide bonds. The maximum Gasteiger partial charge on any atom is 0.338 e. The summed E-state index contributed by atoms with van der Waals surface area (Å²) in [6, 6.07) is 6.51. The van der Waals surface area contributed by atoms with E-state index in [0.717, 1.165) is 6.42 Å². The van der Waals surface area contributed by atoms with Crippen LogP contribution in [0.4, 0.5) is 5.69 Å². The smallest absolute Gasteiger partial charge is 0.338 e. The zero-order valence-electron chi connectivity index (χ0n) is 16.0. The van der Waals surface area contributed by atoms with Gasteiger partial charge in [-0.2, -0.15) is 0 Å². The number of nitrogens with one attached hydrogen (secondary N) is 1. The Labute approximate surface area is 164 Å². The molecule has 1 aromatic carbocycles. The first-order chi connectivity index (χ1) is 13.4. The van der Waals surface area contributed by atoms with Crippen molar-refractivity contribution in [3.63, 3.8) is 0 Å². The summed E-state index contributed by atoms with van der Waals surface area (Å²) in [6.45, 7) is 4.29.